The first-order chi connectivity index (χ1) is 11.3. The van der Waals surface area contributed by atoms with Crippen molar-refractivity contribution < 1.29 is 27.8 Å². The number of aliphatic hydroxyl groups is 1. The molecule has 0 radical (unpaired) electrons. The minimum atomic E-state index is -4.75. The lowest BCUT2D eigenvalue weighted by molar-refractivity contribution is -0.212. The van der Waals surface area contributed by atoms with Crippen molar-refractivity contribution in [3.63, 3.8) is 0 Å². The van der Waals surface area contributed by atoms with Gasteiger partial charge in [0, 0.05) is 16.9 Å². The van der Waals surface area contributed by atoms with E-state index in [0.29, 0.717) is 19.4 Å². The highest BCUT2D eigenvalue weighted by Gasteiger charge is 2.61. The summed E-state index contributed by atoms with van der Waals surface area (Å²) >= 11 is 0. The highest BCUT2D eigenvalue weighted by Crippen LogP contribution is 2.60. The molecule has 1 aliphatic heterocycles. The third-order valence-electron chi connectivity index (χ3n) is 5.10. The van der Waals surface area contributed by atoms with Gasteiger partial charge in [0.1, 0.15) is 5.75 Å². The van der Waals surface area contributed by atoms with E-state index in [4.69, 9.17) is 4.74 Å². The molecular weight excluding hydrogens is 323 g/mol. The average Bonchev–Trinajstić information content (AvgIpc) is 3.26. The van der Waals surface area contributed by atoms with Gasteiger partial charge < -0.3 is 15.2 Å². The number of benzene rings is 1. The predicted octanol–water partition coefficient (Wildman–Crippen LogP) is 2.54. The monoisotopic (exact) mass is 343 g/mol. The zero-order chi connectivity index (χ0) is 17.5. The zero-order valence-corrected chi connectivity index (χ0v) is 13.3. The molecule has 0 saturated heterocycles. The van der Waals surface area contributed by atoms with Crippen LogP contribution in [0.5, 0.6) is 5.75 Å². The summed E-state index contributed by atoms with van der Waals surface area (Å²) in [5.41, 5.74) is 0.598. The molecule has 1 amide bonds. The Bertz CT molecular complexity index is 634. The van der Waals surface area contributed by atoms with Gasteiger partial charge in [0.05, 0.1) is 12.6 Å². The van der Waals surface area contributed by atoms with Gasteiger partial charge in [-0.3, -0.25) is 4.79 Å². The van der Waals surface area contributed by atoms with E-state index in [1.165, 1.54) is 6.92 Å². The van der Waals surface area contributed by atoms with Crippen molar-refractivity contribution in [1.82, 2.24) is 5.32 Å². The number of ether oxygens (including phenoxy) is 1. The summed E-state index contributed by atoms with van der Waals surface area (Å²) < 4.78 is 43.6. The lowest BCUT2D eigenvalue weighted by Crippen LogP contribution is -2.50. The summed E-state index contributed by atoms with van der Waals surface area (Å²) in [6.07, 6.45) is -6.03. The second kappa shape index (κ2) is 5.95. The number of rotatable bonds is 4. The van der Waals surface area contributed by atoms with Crippen molar-refractivity contribution in [2.45, 2.75) is 49.9 Å². The number of fused-ring (bicyclic) bond motifs is 2. The van der Waals surface area contributed by atoms with Gasteiger partial charge in [0.2, 0.25) is 5.91 Å². The van der Waals surface area contributed by atoms with E-state index < -0.39 is 24.2 Å². The molecule has 1 aliphatic carbocycles. The van der Waals surface area contributed by atoms with E-state index in [2.05, 4.69) is 5.32 Å². The maximum Gasteiger partial charge on any atom is 0.416 e. The number of hydrogen-bond acceptors (Lipinski definition) is 3. The van der Waals surface area contributed by atoms with Gasteiger partial charge in [-0.25, -0.2) is 0 Å². The van der Waals surface area contributed by atoms with E-state index in [1.54, 1.807) is 0 Å². The van der Waals surface area contributed by atoms with Crippen LogP contribution in [0.4, 0.5) is 13.2 Å². The number of nitrogens with one attached hydrogen (secondary N) is 1. The van der Waals surface area contributed by atoms with Crippen LogP contribution in [-0.2, 0) is 10.2 Å². The minimum Gasteiger partial charge on any atom is -0.493 e. The third-order valence-corrected chi connectivity index (χ3v) is 5.10. The van der Waals surface area contributed by atoms with E-state index in [1.807, 2.05) is 24.3 Å². The van der Waals surface area contributed by atoms with Gasteiger partial charge in [-0.1, -0.05) is 25.1 Å². The van der Waals surface area contributed by atoms with Gasteiger partial charge in [-0.05, 0) is 25.3 Å². The van der Waals surface area contributed by atoms with Crippen LogP contribution in [0.25, 0.3) is 0 Å². The molecule has 1 saturated carbocycles. The molecule has 1 fully saturated rings. The first-order valence-corrected chi connectivity index (χ1v) is 8.07. The number of para-hydroxylation sites is 1. The van der Waals surface area contributed by atoms with Crippen molar-refractivity contribution in [2.24, 2.45) is 5.92 Å². The van der Waals surface area contributed by atoms with Crippen molar-refractivity contribution >= 4 is 5.91 Å². The Kier molecular flexibility index (Phi) is 4.23. The van der Waals surface area contributed by atoms with Crippen molar-refractivity contribution in [2.75, 3.05) is 6.61 Å². The van der Waals surface area contributed by atoms with Crippen LogP contribution in [-0.4, -0.2) is 35.9 Å². The van der Waals surface area contributed by atoms with Crippen molar-refractivity contribution in [3.05, 3.63) is 29.8 Å². The van der Waals surface area contributed by atoms with Crippen molar-refractivity contribution in [3.8, 4) is 5.75 Å². The Morgan fingerprint density at radius 2 is 2.17 bits per heavy atom. The lowest BCUT2D eigenvalue weighted by atomic mass is 9.87. The van der Waals surface area contributed by atoms with Crippen LogP contribution >= 0.6 is 0 Å². The number of hydrogen-bond donors (Lipinski definition) is 2. The number of carbonyl (C=O) groups excluding carboxylic acids is 1. The molecule has 1 heterocycles. The maximum absolute atomic E-state index is 12.7. The Morgan fingerprint density at radius 1 is 1.46 bits per heavy atom. The Morgan fingerprint density at radius 3 is 2.83 bits per heavy atom. The van der Waals surface area contributed by atoms with Crippen LogP contribution in [0, 0.1) is 5.92 Å². The van der Waals surface area contributed by atoms with E-state index >= 15 is 0 Å². The van der Waals surface area contributed by atoms with Gasteiger partial charge in [0.15, 0.2) is 6.10 Å². The standard InChI is InChI=1S/C17H20F3NO3/c1-2-12(14(22)17(18,19)20)21-15(23)11-9-16(11)7-8-24-13-6-4-3-5-10(13)16/h3-6,11-12,14,22H,2,7-9H2,1H3,(H,21,23). The quantitative estimate of drug-likeness (QED) is 0.883. The first-order valence-electron chi connectivity index (χ1n) is 8.07. The molecular formula is C17H20F3NO3. The van der Waals surface area contributed by atoms with Gasteiger partial charge in [0.25, 0.3) is 0 Å². The fourth-order valence-corrected chi connectivity index (χ4v) is 3.62. The number of carbonyl (C=O) groups is 1. The van der Waals surface area contributed by atoms with Crippen LogP contribution < -0.4 is 10.1 Å². The molecule has 3 rings (SSSR count). The summed E-state index contributed by atoms with van der Waals surface area (Å²) in [5, 5.41) is 11.8. The lowest BCUT2D eigenvalue weighted by Gasteiger charge is -2.28. The molecule has 2 aliphatic rings. The van der Waals surface area contributed by atoms with Crippen LogP contribution in [0.2, 0.25) is 0 Å². The fraction of sp³-hybridized carbons (Fsp3) is 0.588. The molecule has 4 atom stereocenters. The molecule has 4 unspecified atom stereocenters. The first kappa shape index (κ1) is 17.1. The number of halogens is 3. The molecule has 0 aromatic heterocycles. The van der Waals surface area contributed by atoms with E-state index in [9.17, 15) is 23.1 Å². The summed E-state index contributed by atoms with van der Waals surface area (Å²) in [7, 11) is 0. The largest absolute Gasteiger partial charge is 0.493 e. The Labute approximate surface area is 138 Å². The molecule has 132 valence electrons. The second-order valence-electron chi connectivity index (χ2n) is 6.52. The Balaban J connectivity index is 1.73. The minimum absolute atomic E-state index is 0.00579. The topological polar surface area (TPSA) is 58.6 Å². The predicted molar refractivity (Wildman–Crippen MR) is 80.6 cm³/mol. The van der Waals surface area contributed by atoms with Crippen LogP contribution in [0.15, 0.2) is 24.3 Å². The normalized spacial score (nSPS) is 27.8. The SMILES string of the molecule is CCC(NC(=O)C1CC12CCOc1ccccc12)C(O)C(F)(F)F. The van der Waals surface area contributed by atoms with E-state index in [0.717, 1.165) is 11.3 Å². The zero-order valence-electron chi connectivity index (χ0n) is 13.3. The summed E-state index contributed by atoms with van der Waals surface area (Å²) in [6.45, 7) is 2.00. The molecule has 4 nitrogen and oxygen atoms in total. The number of aliphatic hydroxyl groups excluding tert-OH is 1. The van der Waals surface area contributed by atoms with Gasteiger partial charge in [-0.15, -0.1) is 0 Å². The van der Waals surface area contributed by atoms with Gasteiger partial charge >= 0.3 is 6.18 Å². The molecule has 24 heavy (non-hydrogen) atoms. The fourth-order valence-electron chi connectivity index (χ4n) is 3.62. The highest BCUT2D eigenvalue weighted by molar-refractivity contribution is 5.85. The molecule has 0 bridgehead atoms. The summed E-state index contributed by atoms with van der Waals surface area (Å²) in [5.74, 6) is -0.0692. The maximum atomic E-state index is 12.7. The van der Waals surface area contributed by atoms with Crippen LogP contribution in [0.3, 0.4) is 0 Å². The Hall–Kier alpha value is -1.76. The second-order valence-corrected chi connectivity index (χ2v) is 6.52. The molecule has 1 aromatic carbocycles. The smallest absolute Gasteiger partial charge is 0.416 e. The summed E-state index contributed by atoms with van der Waals surface area (Å²) in [4.78, 5) is 12.5. The van der Waals surface area contributed by atoms with Crippen molar-refractivity contribution in [1.29, 1.82) is 0 Å². The van der Waals surface area contributed by atoms with Gasteiger partial charge in [-0.2, -0.15) is 13.2 Å². The highest BCUT2D eigenvalue weighted by atomic mass is 19.4. The van der Waals surface area contributed by atoms with E-state index in [-0.39, 0.29) is 17.8 Å². The molecule has 2 N–H and O–H groups in total. The van der Waals surface area contributed by atoms with Crippen LogP contribution in [0.1, 0.15) is 31.7 Å². The number of amides is 1. The molecule has 1 spiro atoms. The third kappa shape index (κ3) is 2.85. The molecule has 1 aromatic rings. The average molecular weight is 343 g/mol. The molecule has 7 heteroatoms. The summed E-state index contributed by atoms with van der Waals surface area (Å²) in [6, 6.07) is 6.13. The number of alkyl halides is 3.